The van der Waals surface area contributed by atoms with Gasteiger partial charge < -0.3 is 24.9 Å². The van der Waals surface area contributed by atoms with Crippen molar-refractivity contribution in [2.75, 3.05) is 12.3 Å². The first-order valence-corrected chi connectivity index (χ1v) is 11.6. The number of rotatable bonds is 14. The smallest absolute Gasteiger partial charge is 0.309 e. The monoisotopic (exact) mass is 458 g/mol. The molecule has 172 valence electrons. The van der Waals surface area contributed by atoms with E-state index in [0.29, 0.717) is 0 Å². The predicted octanol–water partition coefficient (Wildman–Crippen LogP) is 2.29. The van der Waals surface area contributed by atoms with Crippen LogP contribution in [0.2, 0.25) is 0 Å². The van der Waals surface area contributed by atoms with Crippen LogP contribution >= 0.6 is 7.37 Å². The van der Waals surface area contributed by atoms with Crippen molar-refractivity contribution in [3.63, 3.8) is 0 Å². The largest absolute Gasteiger partial charge is 0.481 e. The number of carboxylic acid groups (broad SMARTS) is 3. The number of benzene rings is 1. The zero-order chi connectivity index (χ0) is 23.6. The summed E-state index contributed by atoms with van der Waals surface area (Å²) in [5.74, 6) is -8.36. The van der Waals surface area contributed by atoms with Crippen LogP contribution in [0.1, 0.15) is 31.7 Å². The van der Waals surface area contributed by atoms with Crippen LogP contribution in [0.3, 0.4) is 0 Å². The van der Waals surface area contributed by atoms with Crippen LogP contribution in [-0.2, 0) is 35.1 Å². The summed E-state index contributed by atoms with van der Waals surface area (Å²) in [7, 11) is -4.23. The summed E-state index contributed by atoms with van der Waals surface area (Å²) >= 11 is 0. The Morgan fingerprint density at radius 1 is 0.968 bits per heavy atom. The highest BCUT2D eigenvalue weighted by molar-refractivity contribution is 7.58. The standard InChI is InChI=1S/C20H27O10P/c1-13(20(27)30-10-14-5-3-2-4-6-14)9-16(19(25)26)12-31(28,29)11-15(18(23)24)7-8-17(21)22/h2-6,13,15-16H,7-12H2,1H3,(H,21,22)(H,23,24)(H,25,26)(H,28,29). The van der Waals surface area contributed by atoms with Crippen LogP contribution in [-0.4, -0.2) is 56.4 Å². The van der Waals surface area contributed by atoms with E-state index < -0.39 is 67.7 Å². The Morgan fingerprint density at radius 2 is 1.52 bits per heavy atom. The van der Waals surface area contributed by atoms with Gasteiger partial charge in [0.1, 0.15) is 6.61 Å². The van der Waals surface area contributed by atoms with Crippen molar-refractivity contribution in [3.05, 3.63) is 35.9 Å². The highest BCUT2D eigenvalue weighted by Gasteiger charge is 2.35. The molecule has 0 saturated heterocycles. The highest BCUT2D eigenvalue weighted by atomic mass is 31.2. The summed E-state index contributed by atoms with van der Waals surface area (Å²) in [6.45, 7) is 1.45. The third-order valence-electron chi connectivity index (χ3n) is 4.68. The molecule has 1 aromatic carbocycles. The molecule has 0 aromatic heterocycles. The van der Waals surface area contributed by atoms with Gasteiger partial charge in [-0.3, -0.25) is 23.7 Å². The predicted molar refractivity (Wildman–Crippen MR) is 109 cm³/mol. The molecule has 0 fully saturated rings. The van der Waals surface area contributed by atoms with Gasteiger partial charge in [-0.25, -0.2) is 0 Å². The molecule has 4 atom stereocenters. The van der Waals surface area contributed by atoms with E-state index in [4.69, 9.17) is 14.9 Å². The van der Waals surface area contributed by atoms with Crippen molar-refractivity contribution in [3.8, 4) is 0 Å². The first kappa shape index (κ1) is 26.3. The maximum absolute atomic E-state index is 12.5. The van der Waals surface area contributed by atoms with E-state index in [1.807, 2.05) is 0 Å². The summed E-state index contributed by atoms with van der Waals surface area (Å²) in [6, 6.07) is 8.85. The molecule has 4 unspecified atom stereocenters. The minimum Gasteiger partial charge on any atom is -0.481 e. The van der Waals surface area contributed by atoms with E-state index in [9.17, 15) is 33.7 Å². The third kappa shape index (κ3) is 10.2. The van der Waals surface area contributed by atoms with Gasteiger partial charge >= 0.3 is 23.9 Å². The fraction of sp³-hybridized carbons (Fsp3) is 0.500. The minimum absolute atomic E-state index is 0.00408. The lowest BCUT2D eigenvalue weighted by atomic mass is 9.97. The molecule has 1 rings (SSSR count). The molecule has 4 N–H and O–H groups in total. The molecule has 0 bridgehead atoms. The topological polar surface area (TPSA) is 175 Å². The van der Waals surface area contributed by atoms with Gasteiger partial charge in [0, 0.05) is 18.7 Å². The first-order valence-electron chi connectivity index (χ1n) is 9.60. The quantitative estimate of drug-likeness (QED) is 0.239. The van der Waals surface area contributed by atoms with Crippen molar-refractivity contribution in [1.82, 2.24) is 0 Å². The molecule has 31 heavy (non-hydrogen) atoms. The molecular weight excluding hydrogens is 431 g/mol. The Balaban J connectivity index is 2.71. The first-order chi connectivity index (χ1) is 14.4. The fourth-order valence-electron chi connectivity index (χ4n) is 3.00. The number of aliphatic carboxylic acids is 3. The van der Waals surface area contributed by atoms with E-state index in [1.165, 1.54) is 6.92 Å². The van der Waals surface area contributed by atoms with Gasteiger partial charge in [0.05, 0.1) is 17.8 Å². The number of esters is 1. The van der Waals surface area contributed by atoms with Crippen LogP contribution in [0.25, 0.3) is 0 Å². The normalized spacial score (nSPS) is 15.8. The van der Waals surface area contributed by atoms with Crippen LogP contribution < -0.4 is 0 Å². The molecule has 0 aliphatic rings. The van der Waals surface area contributed by atoms with Gasteiger partial charge in [0.15, 0.2) is 0 Å². The molecule has 0 heterocycles. The van der Waals surface area contributed by atoms with E-state index >= 15 is 0 Å². The maximum atomic E-state index is 12.5. The Kier molecular flexibility index (Phi) is 10.4. The zero-order valence-corrected chi connectivity index (χ0v) is 17.9. The molecule has 0 aliphatic carbocycles. The van der Waals surface area contributed by atoms with Crippen molar-refractivity contribution in [2.45, 2.75) is 32.8 Å². The van der Waals surface area contributed by atoms with E-state index in [0.717, 1.165) is 5.56 Å². The van der Waals surface area contributed by atoms with Gasteiger partial charge in [0.2, 0.25) is 7.37 Å². The molecular formula is C20H27O10P. The number of hydrogen-bond donors (Lipinski definition) is 4. The molecule has 0 radical (unpaired) electrons. The second-order valence-corrected chi connectivity index (χ2v) is 9.87. The van der Waals surface area contributed by atoms with Gasteiger partial charge in [-0.2, -0.15) is 0 Å². The fourth-order valence-corrected chi connectivity index (χ4v) is 5.17. The molecule has 1 aromatic rings. The number of ether oxygens (including phenoxy) is 1. The summed E-state index contributed by atoms with van der Waals surface area (Å²) < 4.78 is 17.7. The molecule has 0 amide bonds. The van der Waals surface area contributed by atoms with Crippen molar-refractivity contribution < 1.29 is 48.7 Å². The van der Waals surface area contributed by atoms with Crippen molar-refractivity contribution >= 4 is 31.2 Å². The Morgan fingerprint density at radius 3 is 2.03 bits per heavy atom. The maximum Gasteiger partial charge on any atom is 0.309 e. The van der Waals surface area contributed by atoms with Crippen molar-refractivity contribution in [2.24, 2.45) is 17.8 Å². The van der Waals surface area contributed by atoms with Crippen molar-refractivity contribution in [1.29, 1.82) is 0 Å². The van der Waals surface area contributed by atoms with Crippen LogP contribution in [0.4, 0.5) is 0 Å². The summed E-state index contributed by atoms with van der Waals surface area (Å²) in [5, 5.41) is 27.3. The van der Waals surface area contributed by atoms with E-state index in [-0.39, 0.29) is 19.4 Å². The lowest BCUT2D eigenvalue weighted by molar-refractivity contribution is -0.151. The minimum atomic E-state index is -4.23. The molecule has 0 saturated carbocycles. The lowest BCUT2D eigenvalue weighted by Gasteiger charge is -2.22. The number of carboxylic acids is 3. The molecule has 0 aliphatic heterocycles. The van der Waals surface area contributed by atoms with Gasteiger partial charge in [0.25, 0.3) is 0 Å². The zero-order valence-electron chi connectivity index (χ0n) is 17.0. The van der Waals surface area contributed by atoms with Crippen LogP contribution in [0, 0.1) is 17.8 Å². The van der Waals surface area contributed by atoms with Gasteiger partial charge in [-0.05, 0) is 18.4 Å². The number of carbonyl (C=O) groups excluding carboxylic acids is 1. The Bertz CT molecular complexity index is 823. The Hall–Kier alpha value is -2.71. The lowest BCUT2D eigenvalue weighted by Crippen LogP contribution is -2.27. The highest BCUT2D eigenvalue weighted by Crippen LogP contribution is 2.46. The average molecular weight is 458 g/mol. The second kappa shape index (κ2) is 12.2. The Labute approximate surface area is 179 Å². The third-order valence-corrected chi connectivity index (χ3v) is 6.70. The van der Waals surface area contributed by atoms with E-state index in [1.54, 1.807) is 30.3 Å². The molecule has 11 heteroatoms. The SMILES string of the molecule is CC(CC(CP(=O)(O)CC(CCC(=O)O)C(=O)O)C(=O)O)C(=O)OCc1ccccc1. The summed E-state index contributed by atoms with van der Waals surface area (Å²) in [6.07, 6.45) is -2.58. The molecule has 10 nitrogen and oxygen atoms in total. The molecule has 0 spiro atoms. The second-order valence-electron chi connectivity index (χ2n) is 7.44. The van der Waals surface area contributed by atoms with Crippen LogP contribution in [0.5, 0.6) is 0 Å². The number of carbonyl (C=O) groups is 4. The van der Waals surface area contributed by atoms with E-state index in [2.05, 4.69) is 0 Å². The summed E-state index contributed by atoms with van der Waals surface area (Å²) in [4.78, 5) is 55.8. The number of hydrogen-bond acceptors (Lipinski definition) is 6. The van der Waals surface area contributed by atoms with Gasteiger partial charge in [-0.1, -0.05) is 37.3 Å². The average Bonchev–Trinajstić information content (AvgIpc) is 2.68. The van der Waals surface area contributed by atoms with Crippen LogP contribution in [0.15, 0.2) is 30.3 Å². The summed E-state index contributed by atoms with van der Waals surface area (Å²) in [5.41, 5.74) is 0.749. The van der Waals surface area contributed by atoms with Gasteiger partial charge in [-0.15, -0.1) is 0 Å².